The third-order valence-corrected chi connectivity index (χ3v) is 2.76. The fourth-order valence-corrected chi connectivity index (χ4v) is 1.69. The molecule has 0 fully saturated rings. The first kappa shape index (κ1) is 15.7. The topological polar surface area (TPSA) is 44.8 Å². The van der Waals surface area contributed by atoms with Gasteiger partial charge >= 0.3 is 5.97 Å². The number of rotatable bonds is 9. The highest BCUT2D eigenvalue weighted by atomic mass is 35.5. The van der Waals surface area contributed by atoms with Crippen molar-refractivity contribution in [2.75, 3.05) is 27.2 Å². The van der Waals surface area contributed by atoms with E-state index in [2.05, 4.69) is 0 Å². The molecule has 5 heteroatoms. The first-order chi connectivity index (χ1) is 7.69. The molecule has 0 aromatic rings. The lowest BCUT2D eigenvalue weighted by atomic mass is 9.98. The van der Waals surface area contributed by atoms with Crippen LogP contribution in [-0.2, 0) is 19.0 Å². The molecular weight excluding hydrogens is 232 g/mol. The van der Waals surface area contributed by atoms with Crippen molar-refractivity contribution in [1.29, 1.82) is 0 Å². The van der Waals surface area contributed by atoms with Crippen LogP contribution in [0.4, 0.5) is 0 Å². The first-order valence-electron chi connectivity index (χ1n) is 5.39. The van der Waals surface area contributed by atoms with Crippen LogP contribution in [-0.4, -0.2) is 39.5 Å². The Morgan fingerprint density at radius 3 is 2.19 bits per heavy atom. The Balaban J connectivity index is 4.04. The predicted molar refractivity (Wildman–Crippen MR) is 62.5 cm³/mol. The summed E-state index contributed by atoms with van der Waals surface area (Å²) in [6.45, 7) is 0. The fourth-order valence-electron chi connectivity index (χ4n) is 1.54. The van der Waals surface area contributed by atoms with Crippen molar-refractivity contribution in [2.45, 2.75) is 32.0 Å². The minimum Gasteiger partial charge on any atom is -0.469 e. The van der Waals surface area contributed by atoms with Crippen LogP contribution in [0.2, 0.25) is 0 Å². The van der Waals surface area contributed by atoms with Crippen LogP contribution >= 0.6 is 11.6 Å². The molecule has 0 heterocycles. The van der Waals surface area contributed by atoms with Gasteiger partial charge in [0.1, 0.15) is 0 Å². The van der Waals surface area contributed by atoms with E-state index >= 15 is 0 Å². The molecule has 0 aromatic heterocycles. The van der Waals surface area contributed by atoms with Crippen LogP contribution in [0.1, 0.15) is 25.7 Å². The number of hydrogen-bond donors (Lipinski definition) is 0. The molecule has 0 aliphatic rings. The Kier molecular flexibility index (Phi) is 9.68. The lowest BCUT2D eigenvalue weighted by Crippen LogP contribution is -2.20. The molecule has 1 atom stereocenters. The SMILES string of the molecule is COC(=O)C(CCCCl)CCC(OC)OC. The average Bonchev–Trinajstić information content (AvgIpc) is 2.33. The second-order valence-corrected chi connectivity index (χ2v) is 3.91. The van der Waals surface area contributed by atoms with Gasteiger partial charge in [0.2, 0.25) is 0 Å². The van der Waals surface area contributed by atoms with Gasteiger partial charge in [-0.2, -0.15) is 0 Å². The van der Waals surface area contributed by atoms with Gasteiger partial charge in [-0.15, -0.1) is 11.6 Å². The molecule has 0 aliphatic heterocycles. The molecule has 4 nitrogen and oxygen atoms in total. The van der Waals surface area contributed by atoms with Gasteiger partial charge in [-0.3, -0.25) is 4.79 Å². The Morgan fingerprint density at radius 2 is 1.75 bits per heavy atom. The number of hydrogen-bond acceptors (Lipinski definition) is 4. The minimum atomic E-state index is -0.261. The minimum absolute atomic E-state index is 0.114. The third-order valence-electron chi connectivity index (χ3n) is 2.50. The number of alkyl halides is 1. The molecule has 1 unspecified atom stereocenters. The van der Waals surface area contributed by atoms with Gasteiger partial charge in [0, 0.05) is 20.1 Å². The van der Waals surface area contributed by atoms with Gasteiger partial charge < -0.3 is 14.2 Å². The first-order valence-corrected chi connectivity index (χ1v) is 5.92. The second-order valence-electron chi connectivity index (χ2n) is 3.53. The van der Waals surface area contributed by atoms with Crippen molar-refractivity contribution in [3.05, 3.63) is 0 Å². The molecule has 0 radical (unpaired) electrons. The molecule has 0 spiro atoms. The van der Waals surface area contributed by atoms with Crippen LogP contribution in [0, 0.1) is 5.92 Å². The highest BCUT2D eigenvalue weighted by Crippen LogP contribution is 2.18. The quantitative estimate of drug-likeness (QED) is 0.359. The van der Waals surface area contributed by atoms with E-state index in [-0.39, 0.29) is 18.2 Å². The molecule has 0 rings (SSSR count). The third kappa shape index (κ3) is 6.30. The zero-order chi connectivity index (χ0) is 12.4. The van der Waals surface area contributed by atoms with Gasteiger partial charge in [-0.05, 0) is 25.7 Å². The summed E-state index contributed by atoms with van der Waals surface area (Å²) >= 11 is 5.61. The van der Waals surface area contributed by atoms with E-state index in [0.29, 0.717) is 18.7 Å². The van der Waals surface area contributed by atoms with Crippen LogP contribution < -0.4 is 0 Å². The molecule has 0 N–H and O–H groups in total. The fraction of sp³-hybridized carbons (Fsp3) is 0.909. The normalized spacial score (nSPS) is 12.8. The van der Waals surface area contributed by atoms with E-state index in [1.54, 1.807) is 14.2 Å². The Morgan fingerprint density at radius 1 is 1.12 bits per heavy atom. The summed E-state index contributed by atoms with van der Waals surface area (Å²) in [5.41, 5.74) is 0. The lowest BCUT2D eigenvalue weighted by molar-refractivity contribution is -0.147. The van der Waals surface area contributed by atoms with Gasteiger partial charge in [0.05, 0.1) is 13.0 Å². The maximum Gasteiger partial charge on any atom is 0.308 e. The summed E-state index contributed by atoms with van der Waals surface area (Å²) in [6, 6.07) is 0. The van der Waals surface area contributed by atoms with Crippen LogP contribution in [0.5, 0.6) is 0 Å². The van der Waals surface area contributed by atoms with Crippen LogP contribution in [0.25, 0.3) is 0 Å². The second kappa shape index (κ2) is 9.87. The van der Waals surface area contributed by atoms with Crippen LogP contribution in [0.3, 0.4) is 0 Å². The van der Waals surface area contributed by atoms with Crippen molar-refractivity contribution in [2.24, 2.45) is 5.92 Å². The van der Waals surface area contributed by atoms with Crippen molar-refractivity contribution in [1.82, 2.24) is 0 Å². The number of carbonyl (C=O) groups excluding carboxylic acids is 1. The summed E-state index contributed by atoms with van der Waals surface area (Å²) in [6.07, 6.45) is 2.66. The largest absolute Gasteiger partial charge is 0.469 e. The Hall–Kier alpha value is -0.320. The Bertz CT molecular complexity index is 183. The summed E-state index contributed by atoms with van der Waals surface area (Å²) < 4.78 is 14.9. The molecule has 0 aromatic carbocycles. The maximum absolute atomic E-state index is 11.5. The van der Waals surface area contributed by atoms with E-state index in [0.717, 1.165) is 12.8 Å². The maximum atomic E-state index is 11.5. The summed E-state index contributed by atoms with van der Waals surface area (Å²) in [5, 5.41) is 0. The van der Waals surface area contributed by atoms with Crippen molar-refractivity contribution in [3.63, 3.8) is 0 Å². The van der Waals surface area contributed by atoms with E-state index in [1.165, 1.54) is 7.11 Å². The van der Waals surface area contributed by atoms with Gasteiger partial charge in [-0.1, -0.05) is 0 Å². The number of methoxy groups -OCH3 is 3. The summed E-state index contributed by atoms with van der Waals surface area (Å²) in [7, 11) is 4.57. The summed E-state index contributed by atoms with van der Waals surface area (Å²) in [5.74, 6) is 0.262. The molecule has 0 saturated heterocycles. The van der Waals surface area contributed by atoms with E-state index < -0.39 is 0 Å². The van der Waals surface area contributed by atoms with E-state index in [1.807, 2.05) is 0 Å². The summed E-state index contributed by atoms with van der Waals surface area (Å²) in [4.78, 5) is 11.5. The van der Waals surface area contributed by atoms with Gasteiger partial charge in [-0.25, -0.2) is 0 Å². The average molecular weight is 253 g/mol. The molecule has 16 heavy (non-hydrogen) atoms. The van der Waals surface area contributed by atoms with E-state index in [4.69, 9.17) is 25.8 Å². The highest BCUT2D eigenvalue weighted by molar-refractivity contribution is 6.17. The predicted octanol–water partition coefficient (Wildman–Crippen LogP) is 2.19. The zero-order valence-corrected chi connectivity index (χ0v) is 11.0. The molecule has 0 amide bonds. The molecule has 0 bridgehead atoms. The van der Waals surface area contributed by atoms with Crippen molar-refractivity contribution in [3.8, 4) is 0 Å². The number of halogens is 1. The molecular formula is C11H21ClO4. The number of carbonyl (C=O) groups is 1. The molecule has 0 saturated carbocycles. The molecule has 0 aliphatic carbocycles. The number of ether oxygens (including phenoxy) is 3. The number of esters is 1. The highest BCUT2D eigenvalue weighted by Gasteiger charge is 2.20. The van der Waals surface area contributed by atoms with Gasteiger partial charge in [0.25, 0.3) is 0 Å². The molecule has 96 valence electrons. The van der Waals surface area contributed by atoms with Crippen molar-refractivity contribution >= 4 is 17.6 Å². The van der Waals surface area contributed by atoms with Crippen molar-refractivity contribution < 1.29 is 19.0 Å². The smallest absolute Gasteiger partial charge is 0.308 e. The standard InChI is InChI=1S/C11H21ClO4/c1-14-10(15-2)7-6-9(5-4-8-12)11(13)16-3/h9-10H,4-8H2,1-3H3. The monoisotopic (exact) mass is 252 g/mol. The lowest BCUT2D eigenvalue weighted by Gasteiger charge is -2.17. The Labute approximate surface area is 102 Å². The van der Waals surface area contributed by atoms with Gasteiger partial charge in [0.15, 0.2) is 6.29 Å². The van der Waals surface area contributed by atoms with Crippen LogP contribution in [0.15, 0.2) is 0 Å². The van der Waals surface area contributed by atoms with E-state index in [9.17, 15) is 4.79 Å². The zero-order valence-electron chi connectivity index (χ0n) is 10.2.